The summed E-state index contributed by atoms with van der Waals surface area (Å²) in [5.41, 5.74) is 0. The second-order valence-corrected chi connectivity index (χ2v) is 5.55. The summed E-state index contributed by atoms with van der Waals surface area (Å²) in [7, 11) is 2.51. The zero-order valence-electron chi connectivity index (χ0n) is 14.4. The van der Waals surface area contributed by atoms with E-state index < -0.39 is 18.2 Å². The molecule has 1 atom stereocenters. The highest BCUT2D eigenvalue weighted by Crippen LogP contribution is 2.13. The van der Waals surface area contributed by atoms with Gasteiger partial charge in [-0.3, -0.25) is 0 Å². The predicted octanol–water partition coefficient (Wildman–Crippen LogP) is 4.62. The van der Waals surface area contributed by atoms with E-state index in [-0.39, 0.29) is 0 Å². The van der Waals surface area contributed by atoms with Gasteiger partial charge in [-0.2, -0.15) is 0 Å². The molecule has 0 aromatic carbocycles. The van der Waals surface area contributed by atoms with Gasteiger partial charge in [-0.25, -0.2) is 9.59 Å². The molecule has 0 N–H and O–H groups in total. The zero-order valence-corrected chi connectivity index (χ0v) is 14.4. The molecule has 5 nitrogen and oxygen atoms in total. The van der Waals surface area contributed by atoms with Crippen LogP contribution in [-0.4, -0.2) is 32.4 Å². The molecule has 0 unspecified atom stereocenters. The molecule has 0 saturated heterocycles. The third-order valence-corrected chi connectivity index (χ3v) is 3.69. The highest BCUT2D eigenvalue weighted by molar-refractivity contribution is 5.77. The van der Waals surface area contributed by atoms with Crippen LogP contribution in [0.3, 0.4) is 0 Å². The number of rotatable bonds is 13. The van der Waals surface area contributed by atoms with Crippen LogP contribution < -0.4 is 0 Å². The molecule has 130 valence electrons. The van der Waals surface area contributed by atoms with Crippen molar-refractivity contribution in [3.05, 3.63) is 0 Å². The molecule has 0 amide bonds. The van der Waals surface area contributed by atoms with Gasteiger partial charge in [-0.05, 0) is 12.8 Å². The Labute approximate surface area is 134 Å². The van der Waals surface area contributed by atoms with Crippen LogP contribution in [0.2, 0.25) is 0 Å². The minimum absolute atomic E-state index is 0.484. The maximum absolute atomic E-state index is 11.5. The predicted molar refractivity (Wildman–Crippen MR) is 85.8 cm³/mol. The summed E-state index contributed by atoms with van der Waals surface area (Å²) < 4.78 is 13.9. The Morgan fingerprint density at radius 1 is 0.773 bits per heavy atom. The van der Waals surface area contributed by atoms with Gasteiger partial charge in [-0.15, -0.1) is 0 Å². The number of ether oxygens (including phenoxy) is 3. The number of hydrogen-bond acceptors (Lipinski definition) is 5. The first-order valence-electron chi connectivity index (χ1n) is 8.48. The van der Waals surface area contributed by atoms with E-state index >= 15 is 0 Å². The number of esters is 1. The van der Waals surface area contributed by atoms with E-state index in [4.69, 9.17) is 4.74 Å². The quantitative estimate of drug-likeness (QED) is 0.366. The van der Waals surface area contributed by atoms with E-state index in [1.54, 1.807) is 0 Å². The molecule has 0 aliphatic heterocycles. The van der Waals surface area contributed by atoms with Crippen molar-refractivity contribution >= 4 is 12.1 Å². The van der Waals surface area contributed by atoms with Gasteiger partial charge in [0.05, 0.1) is 14.2 Å². The number of carbonyl (C=O) groups excluding carboxylic acids is 2. The Morgan fingerprint density at radius 3 is 1.73 bits per heavy atom. The maximum Gasteiger partial charge on any atom is 0.508 e. The minimum Gasteiger partial charge on any atom is -0.466 e. The van der Waals surface area contributed by atoms with Gasteiger partial charge in [0.25, 0.3) is 0 Å². The summed E-state index contributed by atoms with van der Waals surface area (Å²) in [6.07, 6.45) is 11.0. The number of unbranched alkanes of at least 4 members (excludes halogenated alkanes) is 9. The first-order valence-corrected chi connectivity index (χ1v) is 8.48. The second-order valence-electron chi connectivity index (χ2n) is 5.55. The molecule has 0 aromatic rings. The van der Waals surface area contributed by atoms with Gasteiger partial charge in [-0.1, -0.05) is 64.7 Å². The molecule has 0 aliphatic carbocycles. The molecule has 5 heteroatoms. The van der Waals surface area contributed by atoms with Crippen LogP contribution in [0.1, 0.15) is 77.6 Å². The normalized spacial score (nSPS) is 11.8. The third-order valence-electron chi connectivity index (χ3n) is 3.69. The Hall–Kier alpha value is -1.26. The van der Waals surface area contributed by atoms with Crippen molar-refractivity contribution in [2.45, 2.75) is 83.7 Å². The molecule has 0 spiro atoms. The fraction of sp³-hybridized carbons (Fsp3) is 0.882. The van der Waals surface area contributed by atoms with E-state index in [1.165, 1.54) is 59.2 Å². The second kappa shape index (κ2) is 14.7. The summed E-state index contributed by atoms with van der Waals surface area (Å²) in [5.74, 6) is -0.527. The largest absolute Gasteiger partial charge is 0.508 e. The molecule has 0 bridgehead atoms. The average molecular weight is 316 g/mol. The molecule has 0 heterocycles. The molecular formula is C17H32O5. The van der Waals surface area contributed by atoms with E-state index in [0.29, 0.717) is 6.42 Å². The van der Waals surface area contributed by atoms with E-state index in [9.17, 15) is 9.59 Å². The fourth-order valence-electron chi connectivity index (χ4n) is 2.34. The van der Waals surface area contributed by atoms with Crippen molar-refractivity contribution in [1.29, 1.82) is 0 Å². The van der Waals surface area contributed by atoms with Crippen LogP contribution in [0, 0.1) is 0 Å². The topological polar surface area (TPSA) is 61.8 Å². The highest BCUT2D eigenvalue weighted by atomic mass is 16.7. The van der Waals surface area contributed by atoms with Gasteiger partial charge in [0.1, 0.15) is 0 Å². The van der Waals surface area contributed by atoms with Crippen LogP contribution in [-0.2, 0) is 19.0 Å². The monoisotopic (exact) mass is 316 g/mol. The minimum atomic E-state index is -0.855. The van der Waals surface area contributed by atoms with Gasteiger partial charge in [0, 0.05) is 0 Å². The molecule has 0 fully saturated rings. The van der Waals surface area contributed by atoms with E-state index in [1.807, 2.05) is 0 Å². The summed E-state index contributed by atoms with van der Waals surface area (Å²) in [6.45, 7) is 2.23. The average Bonchev–Trinajstić information content (AvgIpc) is 2.54. The lowest BCUT2D eigenvalue weighted by Gasteiger charge is -2.14. The van der Waals surface area contributed by atoms with Crippen LogP contribution >= 0.6 is 0 Å². The summed E-state index contributed by atoms with van der Waals surface area (Å²) in [5, 5.41) is 0. The highest BCUT2D eigenvalue weighted by Gasteiger charge is 2.23. The molecule has 0 saturated carbocycles. The van der Waals surface area contributed by atoms with Crippen LogP contribution in [0.15, 0.2) is 0 Å². The molecular weight excluding hydrogens is 284 g/mol. The van der Waals surface area contributed by atoms with Crippen molar-refractivity contribution in [2.24, 2.45) is 0 Å². The van der Waals surface area contributed by atoms with E-state index in [0.717, 1.165) is 19.3 Å². The Balaban J connectivity index is 3.63. The maximum atomic E-state index is 11.5. The Bertz CT molecular complexity index is 291. The molecule has 0 rings (SSSR count). The zero-order chi connectivity index (χ0) is 16.6. The number of carbonyl (C=O) groups is 2. The summed E-state index contributed by atoms with van der Waals surface area (Å²) in [4.78, 5) is 22.6. The van der Waals surface area contributed by atoms with Crippen molar-refractivity contribution in [2.75, 3.05) is 14.2 Å². The van der Waals surface area contributed by atoms with Crippen molar-refractivity contribution in [3.8, 4) is 0 Å². The van der Waals surface area contributed by atoms with Crippen molar-refractivity contribution in [3.63, 3.8) is 0 Å². The lowest BCUT2D eigenvalue weighted by molar-refractivity contribution is -0.152. The van der Waals surface area contributed by atoms with Gasteiger partial charge in [0.15, 0.2) is 0 Å². The summed E-state index contributed by atoms with van der Waals surface area (Å²) in [6, 6.07) is 0. The van der Waals surface area contributed by atoms with Crippen LogP contribution in [0.5, 0.6) is 0 Å². The Kier molecular flexibility index (Phi) is 13.8. The first-order chi connectivity index (χ1) is 10.7. The molecule has 0 aliphatic rings. The number of methoxy groups -OCH3 is 2. The van der Waals surface area contributed by atoms with Gasteiger partial charge in [0.2, 0.25) is 6.10 Å². The molecule has 0 radical (unpaired) electrons. The van der Waals surface area contributed by atoms with Crippen LogP contribution in [0.4, 0.5) is 4.79 Å². The SMILES string of the molecule is CCCCCCCCCCCC[C@@H](OC(=O)OC)C(=O)OC. The summed E-state index contributed by atoms with van der Waals surface area (Å²) >= 11 is 0. The number of hydrogen-bond donors (Lipinski definition) is 0. The Morgan fingerprint density at radius 2 is 1.27 bits per heavy atom. The lowest BCUT2D eigenvalue weighted by Crippen LogP contribution is -2.28. The van der Waals surface area contributed by atoms with Crippen molar-refractivity contribution in [1.82, 2.24) is 0 Å². The van der Waals surface area contributed by atoms with Crippen molar-refractivity contribution < 1.29 is 23.8 Å². The fourth-order valence-corrected chi connectivity index (χ4v) is 2.34. The molecule has 22 heavy (non-hydrogen) atoms. The standard InChI is InChI=1S/C17H32O5/c1-4-5-6-7-8-9-10-11-12-13-14-15(16(18)20-2)22-17(19)21-3/h15H,4-14H2,1-3H3/t15-/m1/s1. The van der Waals surface area contributed by atoms with Gasteiger partial charge < -0.3 is 14.2 Å². The van der Waals surface area contributed by atoms with Crippen LogP contribution in [0.25, 0.3) is 0 Å². The lowest BCUT2D eigenvalue weighted by atomic mass is 10.0. The third kappa shape index (κ3) is 11.4. The first kappa shape index (κ1) is 20.7. The van der Waals surface area contributed by atoms with Gasteiger partial charge >= 0.3 is 12.1 Å². The molecule has 0 aromatic heterocycles. The smallest absolute Gasteiger partial charge is 0.466 e. The van der Waals surface area contributed by atoms with E-state index in [2.05, 4.69) is 16.4 Å².